The molecular formula is C12H18BrClN2O2S. The predicted octanol–water partition coefficient (Wildman–Crippen LogP) is 2.21. The van der Waals surface area contributed by atoms with Crippen LogP contribution in [0.25, 0.3) is 0 Å². The van der Waals surface area contributed by atoms with Crippen LogP contribution >= 0.6 is 28.3 Å². The predicted molar refractivity (Wildman–Crippen MR) is 82.3 cm³/mol. The molecular weight excluding hydrogens is 352 g/mol. The minimum Gasteiger partial charge on any atom is -0.315 e. The van der Waals surface area contributed by atoms with Crippen molar-refractivity contribution in [3.63, 3.8) is 0 Å². The number of hydrogen-bond donors (Lipinski definition) is 2. The number of benzene rings is 1. The van der Waals surface area contributed by atoms with Gasteiger partial charge in [-0.2, -0.15) is 0 Å². The van der Waals surface area contributed by atoms with Gasteiger partial charge in [-0.1, -0.05) is 15.9 Å². The Kier molecular flexibility index (Phi) is 6.26. The average Bonchev–Trinajstić information content (AvgIpc) is 2.33. The molecule has 1 aliphatic heterocycles. The van der Waals surface area contributed by atoms with E-state index in [-0.39, 0.29) is 18.4 Å². The molecule has 1 aliphatic rings. The Morgan fingerprint density at radius 1 is 1.42 bits per heavy atom. The van der Waals surface area contributed by atoms with Crippen LogP contribution in [0.2, 0.25) is 0 Å². The van der Waals surface area contributed by atoms with Crippen molar-refractivity contribution in [1.82, 2.24) is 10.0 Å². The molecule has 2 N–H and O–H groups in total. The molecule has 0 saturated carbocycles. The summed E-state index contributed by atoms with van der Waals surface area (Å²) in [5.74, 6) is 0. The second-order valence-electron chi connectivity index (χ2n) is 4.58. The van der Waals surface area contributed by atoms with Gasteiger partial charge in [0.2, 0.25) is 10.0 Å². The number of nitrogens with one attached hydrogen (secondary N) is 2. The van der Waals surface area contributed by atoms with E-state index >= 15 is 0 Å². The molecule has 7 heteroatoms. The fourth-order valence-corrected chi connectivity index (χ4v) is 3.63. The highest BCUT2D eigenvalue weighted by atomic mass is 79.9. The van der Waals surface area contributed by atoms with Gasteiger partial charge in [0.25, 0.3) is 0 Å². The zero-order valence-electron chi connectivity index (χ0n) is 10.6. The van der Waals surface area contributed by atoms with Gasteiger partial charge in [0.15, 0.2) is 0 Å². The van der Waals surface area contributed by atoms with Crippen LogP contribution in [0.4, 0.5) is 0 Å². The van der Waals surface area contributed by atoms with Crippen molar-refractivity contribution in [2.24, 2.45) is 0 Å². The Morgan fingerprint density at radius 2 is 2.16 bits per heavy atom. The first-order valence-corrected chi connectivity index (χ1v) is 8.26. The Balaban J connectivity index is 0.00000180. The van der Waals surface area contributed by atoms with Crippen LogP contribution in [0.5, 0.6) is 0 Å². The highest BCUT2D eigenvalue weighted by Gasteiger charge is 2.21. The molecule has 19 heavy (non-hydrogen) atoms. The van der Waals surface area contributed by atoms with Crippen LogP contribution in [-0.2, 0) is 10.0 Å². The van der Waals surface area contributed by atoms with Crippen LogP contribution in [0, 0.1) is 6.92 Å². The third-order valence-corrected chi connectivity index (χ3v) is 5.47. The van der Waals surface area contributed by atoms with Crippen molar-refractivity contribution < 1.29 is 8.42 Å². The molecule has 4 nitrogen and oxygen atoms in total. The quantitative estimate of drug-likeness (QED) is 0.859. The third kappa shape index (κ3) is 4.43. The second kappa shape index (κ2) is 7.04. The maximum atomic E-state index is 12.2. The average molecular weight is 370 g/mol. The molecule has 0 spiro atoms. The van der Waals surface area contributed by atoms with Crippen LogP contribution in [0.15, 0.2) is 27.6 Å². The molecule has 0 bridgehead atoms. The second-order valence-corrected chi connectivity index (χ2v) is 7.14. The molecule has 1 saturated heterocycles. The highest BCUT2D eigenvalue weighted by molar-refractivity contribution is 9.10. The van der Waals surface area contributed by atoms with Gasteiger partial charge in [-0.15, -0.1) is 12.4 Å². The number of halogens is 2. The lowest BCUT2D eigenvalue weighted by atomic mass is 10.1. The maximum Gasteiger partial charge on any atom is 0.240 e. The van der Waals surface area contributed by atoms with E-state index in [1.807, 2.05) is 6.92 Å². The van der Waals surface area contributed by atoms with E-state index in [1.54, 1.807) is 18.2 Å². The Hall–Kier alpha value is -0.140. The highest BCUT2D eigenvalue weighted by Crippen LogP contribution is 2.20. The summed E-state index contributed by atoms with van der Waals surface area (Å²) in [5.41, 5.74) is 0.916. The SMILES string of the molecule is Cc1cc(S(=O)(=O)NC2CCCNC2)ccc1Br.Cl. The summed E-state index contributed by atoms with van der Waals surface area (Å²) in [7, 11) is -3.41. The fraction of sp³-hybridized carbons (Fsp3) is 0.500. The monoisotopic (exact) mass is 368 g/mol. The number of hydrogen-bond acceptors (Lipinski definition) is 3. The summed E-state index contributed by atoms with van der Waals surface area (Å²) < 4.78 is 28.1. The van der Waals surface area contributed by atoms with Gasteiger partial charge < -0.3 is 5.32 Å². The third-order valence-electron chi connectivity index (χ3n) is 3.06. The summed E-state index contributed by atoms with van der Waals surface area (Å²) in [6.07, 6.45) is 1.90. The molecule has 1 atom stereocenters. The smallest absolute Gasteiger partial charge is 0.240 e. The van der Waals surface area contributed by atoms with E-state index in [0.717, 1.165) is 29.4 Å². The molecule has 1 unspecified atom stereocenters. The molecule has 1 fully saturated rings. The molecule has 108 valence electrons. The zero-order chi connectivity index (χ0) is 13.2. The Bertz CT molecular complexity index is 531. The molecule has 0 amide bonds. The number of rotatable bonds is 3. The largest absolute Gasteiger partial charge is 0.315 e. The molecule has 1 heterocycles. The first-order valence-electron chi connectivity index (χ1n) is 5.98. The molecule has 0 aromatic heterocycles. The van der Waals surface area contributed by atoms with Gasteiger partial charge in [0.05, 0.1) is 4.90 Å². The molecule has 1 aromatic rings. The van der Waals surface area contributed by atoms with E-state index in [0.29, 0.717) is 11.4 Å². The van der Waals surface area contributed by atoms with Gasteiger partial charge in [-0.3, -0.25) is 0 Å². The van der Waals surface area contributed by atoms with E-state index in [9.17, 15) is 8.42 Å². The minimum absolute atomic E-state index is 0. The molecule has 0 aliphatic carbocycles. The topological polar surface area (TPSA) is 58.2 Å². The number of sulfonamides is 1. The lowest BCUT2D eigenvalue weighted by Gasteiger charge is -2.23. The van der Waals surface area contributed by atoms with Gasteiger partial charge in [-0.25, -0.2) is 13.1 Å². The maximum absolute atomic E-state index is 12.2. The number of aryl methyl sites for hydroxylation is 1. The number of piperidine rings is 1. The Morgan fingerprint density at radius 3 is 2.74 bits per heavy atom. The van der Waals surface area contributed by atoms with Crippen molar-refractivity contribution >= 4 is 38.4 Å². The van der Waals surface area contributed by atoms with E-state index < -0.39 is 10.0 Å². The van der Waals surface area contributed by atoms with Crippen molar-refractivity contribution in [1.29, 1.82) is 0 Å². The summed E-state index contributed by atoms with van der Waals surface area (Å²) in [5, 5.41) is 3.19. The zero-order valence-corrected chi connectivity index (χ0v) is 13.9. The Labute approximate surface area is 128 Å². The van der Waals surface area contributed by atoms with Gasteiger partial charge >= 0.3 is 0 Å². The van der Waals surface area contributed by atoms with Crippen molar-refractivity contribution in [2.45, 2.75) is 30.7 Å². The van der Waals surface area contributed by atoms with Crippen molar-refractivity contribution in [3.8, 4) is 0 Å². The standard InChI is InChI=1S/C12H17BrN2O2S.ClH/c1-9-7-11(4-5-12(9)13)18(16,17)15-10-3-2-6-14-8-10;/h4-5,7,10,14-15H,2-3,6,8H2,1H3;1H. The summed E-state index contributed by atoms with van der Waals surface area (Å²) in [4.78, 5) is 0.328. The normalized spacial score (nSPS) is 19.8. The van der Waals surface area contributed by atoms with Crippen molar-refractivity contribution in [3.05, 3.63) is 28.2 Å². The first kappa shape index (κ1) is 16.9. The summed E-state index contributed by atoms with van der Waals surface area (Å²) in [6, 6.07) is 5.06. The van der Waals surface area contributed by atoms with Crippen LogP contribution in [0.1, 0.15) is 18.4 Å². The van der Waals surface area contributed by atoms with Crippen LogP contribution in [-0.4, -0.2) is 27.5 Å². The minimum atomic E-state index is -3.41. The van der Waals surface area contributed by atoms with Gasteiger partial charge in [-0.05, 0) is 50.1 Å². The van der Waals surface area contributed by atoms with Gasteiger partial charge in [0, 0.05) is 17.1 Å². The van der Waals surface area contributed by atoms with Crippen LogP contribution in [0.3, 0.4) is 0 Å². The molecule has 0 radical (unpaired) electrons. The lowest BCUT2D eigenvalue weighted by molar-refractivity contribution is 0.428. The summed E-state index contributed by atoms with van der Waals surface area (Å²) in [6.45, 7) is 3.55. The molecule has 1 aromatic carbocycles. The lowest BCUT2D eigenvalue weighted by Crippen LogP contribution is -2.45. The van der Waals surface area contributed by atoms with E-state index in [1.165, 1.54) is 0 Å². The first-order chi connectivity index (χ1) is 8.49. The molecule has 2 rings (SSSR count). The van der Waals surface area contributed by atoms with Crippen LogP contribution < -0.4 is 10.0 Å². The fourth-order valence-electron chi connectivity index (χ4n) is 2.02. The van der Waals surface area contributed by atoms with Crippen molar-refractivity contribution in [2.75, 3.05) is 13.1 Å². The van der Waals surface area contributed by atoms with E-state index in [2.05, 4.69) is 26.0 Å². The van der Waals surface area contributed by atoms with E-state index in [4.69, 9.17) is 0 Å². The van der Waals surface area contributed by atoms with Gasteiger partial charge in [0.1, 0.15) is 0 Å². The summed E-state index contributed by atoms with van der Waals surface area (Å²) >= 11 is 3.37.